The third-order valence-corrected chi connectivity index (χ3v) is 2.32. The molecule has 0 radical (unpaired) electrons. The molecule has 0 saturated heterocycles. The molecule has 0 atom stereocenters. The number of ether oxygens (including phenoxy) is 1. The van der Waals surface area contributed by atoms with Gasteiger partial charge < -0.3 is 9.84 Å². The molecule has 0 aliphatic heterocycles. The molecule has 0 aliphatic rings. The number of methoxy groups -OCH3 is 1. The maximum Gasteiger partial charge on any atom is 0.317 e. The molecule has 0 aromatic heterocycles. The summed E-state index contributed by atoms with van der Waals surface area (Å²) in [6, 6.07) is 3.99. The zero-order chi connectivity index (χ0) is 15.1. The van der Waals surface area contributed by atoms with Gasteiger partial charge in [0.2, 0.25) is 0 Å². The van der Waals surface area contributed by atoms with E-state index in [4.69, 9.17) is 5.11 Å². The Morgan fingerprint density at radius 2 is 2.15 bits per heavy atom. The number of nitrogens with zero attached hydrogens (tertiary/aromatic N) is 1. The van der Waals surface area contributed by atoms with Gasteiger partial charge in [0.25, 0.3) is 5.69 Å². The summed E-state index contributed by atoms with van der Waals surface area (Å²) in [5.74, 6) is 3.44. The summed E-state index contributed by atoms with van der Waals surface area (Å²) in [5, 5.41) is 19.5. The lowest BCUT2D eigenvalue weighted by Gasteiger charge is -2.00. The predicted octanol–water partition coefficient (Wildman–Crippen LogP) is 1.14. The third kappa shape index (κ3) is 4.42. The maximum atomic E-state index is 10.9. The topological polar surface area (TPSA) is 107 Å². The van der Waals surface area contributed by atoms with Crippen LogP contribution >= 0.6 is 0 Å². The Balaban J connectivity index is 3.01. The maximum absolute atomic E-state index is 10.9. The molecule has 1 aromatic carbocycles. The number of carbonyl (C=O) groups is 2. The number of carbonyl (C=O) groups excluding carboxylic acids is 1. The summed E-state index contributed by atoms with van der Waals surface area (Å²) in [4.78, 5) is 31.7. The highest BCUT2D eigenvalue weighted by molar-refractivity contribution is 5.73. The minimum atomic E-state index is -1.15. The van der Waals surface area contributed by atoms with E-state index in [0.717, 1.165) is 0 Å². The molecule has 0 unspecified atom stereocenters. The van der Waals surface area contributed by atoms with Crippen molar-refractivity contribution >= 4 is 17.6 Å². The molecular formula is C13H11NO6. The molecule has 0 spiro atoms. The first kappa shape index (κ1) is 15.2. The molecule has 1 N–H and O–H groups in total. The van der Waals surface area contributed by atoms with Crippen LogP contribution in [-0.2, 0) is 20.7 Å². The van der Waals surface area contributed by atoms with Gasteiger partial charge in [-0.25, -0.2) is 0 Å². The number of carboxylic acid groups (broad SMARTS) is 1. The standard InChI is InChI=1S/C13H11NO6/c1-20-13(17)4-2-3-9-5-6-10(8-12(15)16)11(7-9)14(18)19/h5-7H,4,8H2,1H3,(H,15,16). The molecule has 0 bridgehead atoms. The van der Waals surface area contributed by atoms with Crippen LogP contribution in [0.2, 0.25) is 0 Å². The first-order chi connectivity index (χ1) is 9.43. The molecule has 0 saturated carbocycles. The van der Waals surface area contributed by atoms with Gasteiger partial charge in [0.1, 0.15) is 6.42 Å². The van der Waals surface area contributed by atoms with Gasteiger partial charge in [-0.05, 0) is 6.07 Å². The van der Waals surface area contributed by atoms with Gasteiger partial charge in [0, 0.05) is 17.2 Å². The predicted molar refractivity (Wildman–Crippen MR) is 67.9 cm³/mol. The monoisotopic (exact) mass is 277 g/mol. The van der Waals surface area contributed by atoms with Crippen LogP contribution in [0.15, 0.2) is 18.2 Å². The van der Waals surface area contributed by atoms with Gasteiger partial charge in [-0.1, -0.05) is 17.9 Å². The van der Waals surface area contributed by atoms with E-state index in [2.05, 4.69) is 16.6 Å². The molecule has 0 aliphatic carbocycles. The fraction of sp³-hybridized carbons (Fsp3) is 0.231. The zero-order valence-electron chi connectivity index (χ0n) is 10.6. The zero-order valence-corrected chi connectivity index (χ0v) is 10.6. The number of nitro benzene ring substituents is 1. The Bertz CT molecular complexity index is 611. The minimum Gasteiger partial charge on any atom is -0.481 e. The molecule has 7 heteroatoms. The Hall–Kier alpha value is -2.88. The normalized spacial score (nSPS) is 9.25. The van der Waals surface area contributed by atoms with Crippen LogP contribution in [0.4, 0.5) is 5.69 Å². The third-order valence-electron chi connectivity index (χ3n) is 2.32. The van der Waals surface area contributed by atoms with Crippen molar-refractivity contribution in [2.45, 2.75) is 12.8 Å². The molecule has 1 aromatic rings. The number of nitro groups is 1. The second-order valence-corrected chi connectivity index (χ2v) is 3.73. The number of aliphatic carboxylic acids is 1. The summed E-state index contributed by atoms with van der Waals surface area (Å²) in [7, 11) is 1.23. The molecule has 0 amide bonds. The SMILES string of the molecule is COC(=O)CC#Cc1ccc(CC(=O)O)c([N+](=O)[O-])c1. The molecule has 0 heterocycles. The number of hydrogen-bond donors (Lipinski definition) is 1. The number of carboxylic acids is 1. The fourth-order valence-electron chi connectivity index (χ4n) is 1.41. The van der Waals surface area contributed by atoms with E-state index in [9.17, 15) is 19.7 Å². The van der Waals surface area contributed by atoms with Crippen molar-refractivity contribution in [2.24, 2.45) is 0 Å². The lowest BCUT2D eigenvalue weighted by Crippen LogP contribution is -2.04. The first-order valence-electron chi connectivity index (χ1n) is 5.49. The Morgan fingerprint density at radius 1 is 1.45 bits per heavy atom. The van der Waals surface area contributed by atoms with Crippen LogP contribution in [0.1, 0.15) is 17.5 Å². The molecule has 20 heavy (non-hydrogen) atoms. The Morgan fingerprint density at radius 3 is 2.70 bits per heavy atom. The lowest BCUT2D eigenvalue weighted by atomic mass is 10.1. The quantitative estimate of drug-likeness (QED) is 0.382. The van der Waals surface area contributed by atoms with Crippen molar-refractivity contribution in [1.29, 1.82) is 0 Å². The van der Waals surface area contributed by atoms with Crippen LogP contribution in [-0.4, -0.2) is 29.1 Å². The molecular weight excluding hydrogens is 266 g/mol. The van der Waals surface area contributed by atoms with Gasteiger partial charge in [-0.2, -0.15) is 0 Å². The van der Waals surface area contributed by atoms with E-state index in [1.165, 1.54) is 25.3 Å². The van der Waals surface area contributed by atoms with Crippen molar-refractivity contribution in [1.82, 2.24) is 0 Å². The number of rotatable bonds is 4. The molecule has 104 valence electrons. The fourth-order valence-corrected chi connectivity index (χ4v) is 1.41. The van der Waals surface area contributed by atoms with Gasteiger partial charge in [0.05, 0.1) is 18.5 Å². The summed E-state index contributed by atoms with van der Waals surface area (Å²) < 4.78 is 4.40. The van der Waals surface area contributed by atoms with Crippen molar-refractivity contribution in [3.8, 4) is 11.8 Å². The van der Waals surface area contributed by atoms with Gasteiger partial charge in [-0.15, -0.1) is 0 Å². The van der Waals surface area contributed by atoms with Crippen molar-refractivity contribution in [3.05, 3.63) is 39.4 Å². The summed E-state index contributed by atoms with van der Waals surface area (Å²) in [6.45, 7) is 0. The van der Waals surface area contributed by atoms with E-state index < -0.39 is 23.3 Å². The van der Waals surface area contributed by atoms with Crippen LogP contribution < -0.4 is 0 Å². The average molecular weight is 277 g/mol. The highest BCUT2D eigenvalue weighted by atomic mass is 16.6. The Labute approximate surface area is 114 Å². The smallest absolute Gasteiger partial charge is 0.317 e. The average Bonchev–Trinajstić information content (AvgIpc) is 2.39. The van der Waals surface area contributed by atoms with Crippen LogP contribution in [0.25, 0.3) is 0 Å². The molecule has 7 nitrogen and oxygen atoms in total. The van der Waals surface area contributed by atoms with Crippen molar-refractivity contribution < 1.29 is 24.4 Å². The van der Waals surface area contributed by atoms with Crippen LogP contribution in [0.5, 0.6) is 0 Å². The van der Waals surface area contributed by atoms with Gasteiger partial charge in [-0.3, -0.25) is 19.7 Å². The molecule has 0 fully saturated rings. The van der Waals surface area contributed by atoms with Crippen molar-refractivity contribution in [2.75, 3.05) is 7.11 Å². The summed E-state index contributed by atoms with van der Waals surface area (Å²) in [5.41, 5.74) is 0.119. The van der Waals surface area contributed by atoms with Gasteiger partial charge >= 0.3 is 11.9 Å². The van der Waals surface area contributed by atoms with Crippen molar-refractivity contribution in [3.63, 3.8) is 0 Å². The highest BCUT2D eigenvalue weighted by Crippen LogP contribution is 2.20. The summed E-state index contributed by atoms with van der Waals surface area (Å²) >= 11 is 0. The minimum absolute atomic E-state index is 0.0982. The second-order valence-electron chi connectivity index (χ2n) is 3.73. The van der Waals surface area contributed by atoms with E-state index >= 15 is 0 Å². The van der Waals surface area contributed by atoms with Crippen LogP contribution in [0.3, 0.4) is 0 Å². The summed E-state index contributed by atoms with van der Waals surface area (Å²) in [6.07, 6.45) is -0.562. The lowest BCUT2D eigenvalue weighted by molar-refractivity contribution is -0.385. The van der Waals surface area contributed by atoms with E-state index in [1.807, 2.05) is 0 Å². The highest BCUT2D eigenvalue weighted by Gasteiger charge is 2.16. The van der Waals surface area contributed by atoms with E-state index in [1.54, 1.807) is 0 Å². The van der Waals surface area contributed by atoms with E-state index in [0.29, 0.717) is 5.56 Å². The largest absolute Gasteiger partial charge is 0.481 e. The van der Waals surface area contributed by atoms with E-state index in [-0.39, 0.29) is 17.7 Å². The Kier molecular flexibility index (Phi) is 5.23. The number of hydrogen-bond acceptors (Lipinski definition) is 5. The number of benzene rings is 1. The first-order valence-corrected chi connectivity index (χ1v) is 5.49. The second kappa shape index (κ2) is 6.89. The molecule has 1 rings (SSSR count). The number of esters is 1. The van der Waals surface area contributed by atoms with Gasteiger partial charge in [0.15, 0.2) is 0 Å². The van der Waals surface area contributed by atoms with Crippen LogP contribution in [0, 0.1) is 22.0 Å².